The van der Waals surface area contributed by atoms with Crippen LogP contribution in [0.1, 0.15) is 62.2 Å². The molecule has 1 aliphatic heterocycles. The Labute approximate surface area is 225 Å². The number of carbonyl (C=O) groups excluding carboxylic acids is 2. The standard InChI is InChI=1S/C30H38N6O2/c1-20(2)28(37)34-24-8-7-13-35(17-24)27-16-31-12-11-25(27)22-9-10-23(21(3)14-22)15-32-29(38)26-18-36(19-33-26)30(4,5)6/h9-12,14,16,18-19,24H,1,7-8,13,15,17H2,2-6H3,(H,32,38)(H,34,37). The predicted octanol–water partition coefficient (Wildman–Crippen LogP) is 4.60. The molecule has 4 rings (SSSR count). The number of piperidine rings is 1. The summed E-state index contributed by atoms with van der Waals surface area (Å²) in [4.78, 5) is 35.8. The predicted molar refractivity (Wildman–Crippen MR) is 151 cm³/mol. The van der Waals surface area contributed by atoms with Crippen molar-refractivity contribution in [3.05, 3.63) is 78.2 Å². The summed E-state index contributed by atoms with van der Waals surface area (Å²) in [5, 5.41) is 6.09. The Morgan fingerprint density at radius 3 is 2.68 bits per heavy atom. The summed E-state index contributed by atoms with van der Waals surface area (Å²) < 4.78 is 1.94. The zero-order valence-electron chi connectivity index (χ0n) is 23.0. The second kappa shape index (κ2) is 11.2. The van der Waals surface area contributed by atoms with Crippen LogP contribution in [0, 0.1) is 6.92 Å². The van der Waals surface area contributed by atoms with Crippen molar-refractivity contribution in [2.45, 2.75) is 65.6 Å². The molecule has 1 unspecified atom stereocenters. The number of nitrogens with zero attached hydrogens (tertiary/aromatic N) is 4. The lowest BCUT2D eigenvalue weighted by molar-refractivity contribution is -0.118. The van der Waals surface area contributed by atoms with Gasteiger partial charge in [0.1, 0.15) is 5.69 Å². The molecule has 0 bridgehead atoms. The van der Waals surface area contributed by atoms with Gasteiger partial charge in [-0.15, -0.1) is 0 Å². The average molecular weight is 515 g/mol. The Kier molecular flexibility index (Phi) is 7.99. The minimum Gasteiger partial charge on any atom is -0.368 e. The molecule has 0 spiro atoms. The highest BCUT2D eigenvalue weighted by Crippen LogP contribution is 2.33. The first-order valence-corrected chi connectivity index (χ1v) is 13.1. The number of aromatic nitrogens is 3. The molecule has 1 aliphatic rings. The van der Waals surface area contributed by atoms with Gasteiger partial charge < -0.3 is 20.1 Å². The molecule has 8 nitrogen and oxygen atoms in total. The van der Waals surface area contributed by atoms with Gasteiger partial charge in [-0.3, -0.25) is 14.6 Å². The van der Waals surface area contributed by atoms with Crippen molar-refractivity contribution in [2.75, 3.05) is 18.0 Å². The van der Waals surface area contributed by atoms with Crippen LogP contribution in [-0.2, 0) is 16.9 Å². The molecule has 3 aromatic rings. The molecule has 0 saturated carbocycles. The smallest absolute Gasteiger partial charge is 0.271 e. The monoisotopic (exact) mass is 514 g/mol. The molecule has 200 valence electrons. The molecule has 2 amide bonds. The maximum absolute atomic E-state index is 12.7. The van der Waals surface area contributed by atoms with Crippen molar-refractivity contribution in [2.24, 2.45) is 0 Å². The van der Waals surface area contributed by atoms with Gasteiger partial charge in [0, 0.05) is 54.7 Å². The zero-order chi connectivity index (χ0) is 27.4. The summed E-state index contributed by atoms with van der Waals surface area (Å²) in [6.07, 6.45) is 9.12. The van der Waals surface area contributed by atoms with Gasteiger partial charge in [0.15, 0.2) is 0 Å². The minimum atomic E-state index is -0.189. The Morgan fingerprint density at radius 2 is 2.00 bits per heavy atom. The molecule has 1 fully saturated rings. The van der Waals surface area contributed by atoms with E-state index in [1.165, 1.54) is 0 Å². The number of nitrogens with one attached hydrogen (secondary N) is 2. The molecular formula is C30H38N6O2. The maximum Gasteiger partial charge on any atom is 0.271 e. The van der Waals surface area contributed by atoms with Crippen molar-refractivity contribution in [1.29, 1.82) is 0 Å². The molecule has 1 aromatic carbocycles. The van der Waals surface area contributed by atoms with Crippen molar-refractivity contribution < 1.29 is 9.59 Å². The minimum absolute atomic E-state index is 0.0727. The summed E-state index contributed by atoms with van der Waals surface area (Å²) in [5.74, 6) is -0.282. The molecule has 38 heavy (non-hydrogen) atoms. The van der Waals surface area contributed by atoms with Crippen LogP contribution in [0.2, 0.25) is 0 Å². The van der Waals surface area contributed by atoms with Crippen LogP contribution in [0.5, 0.6) is 0 Å². The third kappa shape index (κ3) is 6.30. The number of rotatable bonds is 7. The number of anilines is 1. The Bertz CT molecular complexity index is 1340. The van der Waals surface area contributed by atoms with Crippen molar-refractivity contribution in [3.63, 3.8) is 0 Å². The lowest BCUT2D eigenvalue weighted by Gasteiger charge is -2.35. The average Bonchev–Trinajstić information content (AvgIpc) is 3.39. The van der Waals surface area contributed by atoms with Crippen LogP contribution in [0.15, 0.2) is 61.3 Å². The van der Waals surface area contributed by atoms with Crippen LogP contribution in [0.4, 0.5) is 5.69 Å². The largest absolute Gasteiger partial charge is 0.368 e. The highest BCUT2D eigenvalue weighted by molar-refractivity contribution is 5.92. The van der Waals surface area contributed by atoms with E-state index in [9.17, 15) is 9.59 Å². The molecular weight excluding hydrogens is 476 g/mol. The molecule has 1 saturated heterocycles. The highest BCUT2D eigenvalue weighted by atomic mass is 16.2. The van der Waals surface area contributed by atoms with Gasteiger partial charge in [0.05, 0.1) is 18.2 Å². The Morgan fingerprint density at radius 1 is 1.21 bits per heavy atom. The Balaban J connectivity index is 1.46. The quantitative estimate of drug-likeness (QED) is 0.450. The van der Waals surface area contributed by atoms with E-state index in [1.807, 2.05) is 23.0 Å². The van der Waals surface area contributed by atoms with E-state index in [0.29, 0.717) is 17.8 Å². The van der Waals surface area contributed by atoms with E-state index in [0.717, 1.165) is 53.9 Å². The fourth-order valence-corrected chi connectivity index (χ4v) is 4.64. The third-order valence-electron chi connectivity index (χ3n) is 6.97. The van der Waals surface area contributed by atoms with Crippen LogP contribution < -0.4 is 15.5 Å². The molecule has 8 heteroatoms. The van der Waals surface area contributed by atoms with Gasteiger partial charge in [0.2, 0.25) is 5.91 Å². The summed E-state index contributed by atoms with van der Waals surface area (Å²) in [5.41, 5.74) is 6.19. The summed E-state index contributed by atoms with van der Waals surface area (Å²) in [7, 11) is 0. The van der Waals surface area contributed by atoms with E-state index < -0.39 is 0 Å². The van der Waals surface area contributed by atoms with Gasteiger partial charge >= 0.3 is 0 Å². The van der Waals surface area contributed by atoms with Gasteiger partial charge in [-0.25, -0.2) is 4.98 Å². The summed E-state index contributed by atoms with van der Waals surface area (Å²) in [6, 6.07) is 8.41. The highest BCUT2D eigenvalue weighted by Gasteiger charge is 2.24. The first-order chi connectivity index (χ1) is 18.0. The van der Waals surface area contributed by atoms with E-state index in [2.05, 4.69) is 78.0 Å². The van der Waals surface area contributed by atoms with E-state index >= 15 is 0 Å². The number of pyridine rings is 1. The molecule has 1 atom stereocenters. The van der Waals surface area contributed by atoms with Gasteiger partial charge in [0.25, 0.3) is 5.91 Å². The van der Waals surface area contributed by atoms with Gasteiger partial charge in [-0.05, 0) is 70.2 Å². The second-order valence-electron chi connectivity index (χ2n) is 11.1. The SMILES string of the molecule is C=C(C)C(=O)NC1CCCN(c2cnccc2-c2ccc(CNC(=O)c3cn(C(C)(C)C)cn3)c(C)c2)C1. The van der Waals surface area contributed by atoms with Gasteiger partial charge in [-0.1, -0.05) is 24.8 Å². The number of aryl methyl sites for hydroxylation is 1. The topological polar surface area (TPSA) is 92.2 Å². The number of benzene rings is 1. The number of amides is 2. The molecule has 0 radical (unpaired) electrons. The van der Waals surface area contributed by atoms with Crippen LogP contribution in [0.25, 0.3) is 11.1 Å². The number of carbonyl (C=O) groups is 2. The number of hydrogen-bond acceptors (Lipinski definition) is 5. The summed E-state index contributed by atoms with van der Waals surface area (Å²) in [6.45, 7) is 15.8. The lowest BCUT2D eigenvalue weighted by Crippen LogP contribution is -2.48. The van der Waals surface area contributed by atoms with Crippen LogP contribution in [0.3, 0.4) is 0 Å². The summed E-state index contributed by atoms with van der Waals surface area (Å²) >= 11 is 0. The van der Waals surface area contributed by atoms with Crippen molar-refractivity contribution >= 4 is 17.5 Å². The number of imidazole rings is 1. The zero-order valence-corrected chi connectivity index (χ0v) is 23.0. The van der Waals surface area contributed by atoms with Crippen molar-refractivity contribution in [3.8, 4) is 11.1 Å². The normalized spacial score (nSPS) is 15.7. The first-order valence-electron chi connectivity index (χ1n) is 13.1. The first kappa shape index (κ1) is 27.1. The van der Waals surface area contributed by atoms with E-state index in [4.69, 9.17) is 0 Å². The second-order valence-corrected chi connectivity index (χ2v) is 11.1. The van der Waals surface area contributed by atoms with Crippen molar-refractivity contribution in [1.82, 2.24) is 25.2 Å². The molecule has 2 N–H and O–H groups in total. The Hall–Kier alpha value is -3.94. The van der Waals surface area contributed by atoms with Crippen LogP contribution >= 0.6 is 0 Å². The number of hydrogen-bond donors (Lipinski definition) is 2. The maximum atomic E-state index is 12.7. The third-order valence-corrected chi connectivity index (χ3v) is 6.97. The molecule has 2 aromatic heterocycles. The van der Waals surface area contributed by atoms with Gasteiger partial charge in [-0.2, -0.15) is 0 Å². The fourth-order valence-electron chi connectivity index (χ4n) is 4.64. The van der Waals surface area contributed by atoms with E-state index in [-0.39, 0.29) is 23.4 Å². The molecule has 0 aliphatic carbocycles. The fraction of sp³-hybridized carbons (Fsp3) is 0.400. The molecule has 3 heterocycles. The van der Waals surface area contributed by atoms with Crippen LogP contribution in [-0.4, -0.2) is 45.5 Å². The lowest BCUT2D eigenvalue weighted by atomic mass is 9.97. The van der Waals surface area contributed by atoms with E-state index in [1.54, 1.807) is 19.4 Å².